The van der Waals surface area contributed by atoms with Gasteiger partial charge in [-0.05, 0) is 24.3 Å². The first-order valence-electron chi connectivity index (χ1n) is 6.02. The number of alkyl halides is 2. The molecule has 0 aliphatic rings. The number of halogens is 3. The van der Waals surface area contributed by atoms with Crippen molar-refractivity contribution in [2.75, 3.05) is 7.11 Å². The maximum Gasteiger partial charge on any atom is 0.381 e. The van der Waals surface area contributed by atoms with Crippen molar-refractivity contribution < 1.29 is 22.7 Å². The van der Waals surface area contributed by atoms with Gasteiger partial charge in [-0.1, -0.05) is 17.7 Å². The van der Waals surface area contributed by atoms with Crippen LogP contribution in [0.1, 0.15) is 5.56 Å². The molecule has 0 aliphatic heterocycles. The van der Waals surface area contributed by atoms with Crippen LogP contribution in [0.2, 0.25) is 5.02 Å². The van der Waals surface area contributed by atoms with E-state index >= 15 is 0 Å². The number of hydrogen-bond donors (Lipinski definition) is 0. The van der Waals surface area contributed by atoms with Crippen molar-refractivity contribution >= 4 is 39.5 Å². The van der Waals surface area contributed by atoms with Crippen LogP contribution in [0.25, 0.3) is 21.9 Å². The fraction of sp³-hybridized carbons (Fsp3) is 0.133. The predicted octanol–water partition coefficient (Wildman–Crippen LogP) is 4.50. The topological polar surface area (TPSA) is 39.4 Å². The lowest BCUT2D eigenvalue weighted by molar-refractivity contribution is -0.170. The van der Waals surface area contributed by atoms with Crippen LogP contribution in [0.15, 0.2) is 40.8 Å². The van der Waals surface area contributed by atoms with Crippen LogP contribution in [-0.4, -0.2) is 13.1 Å². The van der Waals surface area contributed by atoms with E-state index in [0.717, 1.165) is 18.6 Å². The minimum absolute atomic E-state index is 0.258. The Balaban J connectivity index is 2.21. The zero-order valence-electron chi connectivity index (χ0n) is 10.8. The molecular weight excluding hydrogens is 302 g/mol. The standard InChI is InChI=1S/C15H9ClF2O3/c1-20-14(19)15(17,18)8-2-4-10-11-5-3-9(16)7-13(11)21-12(10)6-8/h2-7H,1H3. The molecule has 1 heterocycles. The van der Waals surface area contributed by atoms with Gasteiger partial charge in [0.15, 0.2) is 0 Å². The first-order chi connectivity index (χ1) is 9.93. The number of carbonyl (C=O) groups excluding carboxylic acids is 1. The molecule has 1 aromatic heterocycles. The van der Waals surface area contributed by atoms with Crippen molar-refractivity contribution in [1.29, 1.82) is 0 Å². The molecule has 0 amide bonds. The Labute approximate surface area is 123 Å². The van der Waals surface area contributed by atoms with Gasteiger partial charge in [0.05, 0.1) is 7.11 Å². The molecule has 0 unspecified atom stereocenters. The van der Waals surface area contributed by atoms with Crippen molar-refractivity contribution in [3.63, 3.8) is 0 Å². The van der Waals surface area contributed by atoms with Crippen molar-refractivity contribution in [2.45, 2.75) is 5.92 Å². The maximum absolute atomic E-state index is 13.9. The fourth-order valence-electron chi connectivity index (χ4n) is 2.19. The number of benzene rings is 2. The van der Waals surface area contributed by atoms with Gasteiger partial charge < -0.3 is 9.15 Å². The third-order valence-corrected chi connectivity index (χ3v) is 3.47. The number of methoxy groups -OCH3 is 1. The molecule has 3 aromatic rings. The molecule has 3 nitrogen and oxygen atoms in total. The van der Waals surface area contributed by atoms with E-state index in [1.807, 2.05) is 0 Å². The van der Waals surface area contributed by atoms with E-state index in [2.05, 4.69) is 4.74 Å². The normalized spacial score (nSPS) is 12.0. The van der Waals surface area contributed by atoms with E-state index in [0.29, 0.717) is 16.0 Å². The van der Waals surface area contributed by atoms with Crippen LogP contribution in [0.4, 0.5) is 8.78 Å². The molecular formula is C15H9ClF2O3. The number of ether oxygens (including phenoxy) is 1. The second-order valence-corrected chi connectivity index (χ2v) is 4.96. The highest BCUT2D eigenvalue weighted by Gasteiger charge is 2.42. The molecule has 0 aliphatic carbocycles. The van der Waals surface area contributed by atoms with Gasteiger partial charge in [0.2, 0.25) is 0 Å². The van der Waals surface area contributed by atoms with E-state index in [-0.39, 0.29) is 5.58 Å². The molecule has 0 fully saturated rings. The van der Waals surface area contributed by atoms with Crippen LogP contribution in [0, 0.1) is 0 Å². The summed E-state index contributed by atoms with van der Waals surface area (Å²) in [6, 6.07) is 8.86. The van der Waals surface area contributed by atoms with Gasteiger partial charge in [0, 0.05) is 27.4 Å². The average Bonchev–Trinajstić information content (AvgIpc) is 2.82. The summed E-state index contributed by atoms with van der Waals surface area (Å²) >= 11 is 5.87. The van der Waals surface area contributed by atoms with Crippen molar-refractivity contribution in [2.24, 2.45) is 0 Å². The van der Waals surface area contributed by atoms with Crippen LogP contribution in [0.5, 0.6) is 0 Å². The minimum atomic E-state index is -3.72. The number of esters is 1. The number of furan rings is 1. The Hall–Kier alpha value is -2.14. The monoisotopic (exact) mass is 310 g/mol. The second-order valence-electron chi connectivity index (χ2n) is 4.52. The molecule has 3 rings (SSSR count). The Bertz CT molecular complexity index is 855. The molecule has 0 saturated heterocycles. The van der Waals surface area contributed by atoms with Crippen LogP contribution >= 0.6 is 11.6 Å². The van der Waals surface area contributed by atoms with Crippen molar-refractivity contribution in [3.8, 4) is 0 Å². The lowest BCUT2D eigenvalue weighted by atomic mass is 10.1. The molecule has 108 valence electrons. The smallest absolute Gasteiger partial charge is 0.381 e. The van der Waals surface area contributed by atoms with E-state index in [1.165, 1.54) is 12.1 Å². The lowest BCUT2D eigenvalue weighted by Crippen LogP contribution is -2.27. The van der Waals surface area contributed by atoms with E-state index < -0.39 is 17.5 Å². The summed E-state index contributed by atoms with van der Waals surface area (Å²) in [5.74, 6) is -5.33. The van der Waals surface area contributed by atoms with Gasteiger partial charge in [-0.25, -0.2) is 4.79 Å². The molecule has 6 heteroatoms. The number of carbonyl (C=O) groups is 1. The summed E-state index contributed by atoms with van der Waals surface area (Å²) in [5.41, 5.74) is 0.274. The number of hydrogen-bond acceptors (Lipinski definition) is 3. The summed E-state index contributed by atoms with van der Waals surface area (Å²) in [5, 5.41) is 1.93. The molecule has 0 radical (unpaired) electrons. The summed E-state index contributed by atoms with van der Waals surface area (Å²) in [4.78, 5) is 11.2. The highest BCUT2D eigenvalue weighted by Crippen LogP contribution is 2.35. The number of rotatable bonds is 2. The highest BCUT2D eigenvalue weighted by molar-refractivity contribution is 6.31. The van der Waals surface area contributed by atoms with Gasteiger partial charge in [-0.3, -0.25) is 0 Å². The van der Waals surface area contributed by atoms with E-state index in [9.17, 15) is 13.6 Å². The van der Waals surface area contributed by atoms with Gasteiger partial charge in [-0.15, -0.1) is 0 Å². The largest absolute Gasteiger partial charge is 0.464 e. The molecule has 0 N–H and O–H groups in total. The summed E-state index contributed by atoms with van der Waals surface area (Å²) in [6.07, 6.45) is 0. The van der Waals surface area contributed by atoms with E-state index in [4.69, 9.17) is 16.0 Å². The molecule has 0 spiro atoms. The van der Waals surface area contributed by atoms with Gasteiger partial charge >= 0.3 is 11.9 Å². The third kappa shape index (κ3) is 2.14. The average molecular weight is 311 g/mol. The first kappa shape index (κ1) is 13.8. The third-order valence-electron chi connectivity index (χ3n) is 3.24. The first-order valence-corrected chi connectivity index (χ1v) is 6.40. The predicted molar refractivity (Wildman–Crippen MR) is 74.6 cm³/mol. The fourth-order valence-corrected chi connectivity index (χ4v) is 2.35. The zero-order valence-corrected chi connectivity index (χ0v) is 11.6. The maximum atomic E-state index is 13.9. The molecule has 2 aromatic carbocycles. The van der Waals surface area contributed by atoms with E-state index in [1.54, 1.807) is 18.2 Å². The van der Waals surface area contributed by atoms with Crippen molar-refractivity contribution in [1.82, 2.24) is 0 Å². The van der Waals surface area contributed by atoms with Crippen LogP contribution in [-0.2, 0) is 15.5 Å². The van der Waals surface area contributed by atoms with Crippen LogP contribution < -0.4 is 0 Å². The quantitative estimate of drug-likeness (QED) is 0.654. The Morgan fingerprint density at radius 2 is 1.76 bits per heavy atom. The molecule has 21 heavy (non-hydrogen) atoms. The lowest BCUT2D eigenvalue weighted by Gasteiger charge is -2.13. The Kier molecular flexibility index (Phi) is 3.10. The zero-order chi connectivity index (χ0) is 15.2. The van der Waals surface area contributed by atoms with Crippen LogP contribution in [0.3, 0.4) is 0 Å². The number of fused-ring (bicyclic) bond motifs is 3. The summed E-state index contributed by atoms with van der Waals surface area (Å²) in [6.45, 7) is 0. The Morgan fingerprint density at radius 3 is 2.43 bits per heavy atom. The molecule has 0 saturated carbocycles. The van der Waals surface area contributed by atoms with Gasteiger partial charge in [0.25, 0.3) is 0 Å². The Morgan fingerprint density at radius 1 is 1.14 bits per heavy atom. The molecule has 0 bridgehead atoms. The summed E-state index contributed by atoms with van der Waals surface area (Å²) in [7, 11) is 0.915. The summed E-state index contributed by atoms with van der Waals surface area (Å²) < 4.78 is 37.4. The van der Waals surface area contributed by atoms with Gasteiger partial charge in [-0.2, -0.15) is 8.78 Å². The SMILES string of the molecule is COC(=O)C(F)(F)c1ccc2c(c1)oc1cc(Cl)ccc12. The highest BCUT2D eigenvalue weighted by atomic mass is 35.5. The molecule has 0 atom stereocenters. The second kappa shape index (κ2) is 4.70. The van der Waals surface area contributed by atoms with Gasteiger partial charge in [0.1, 0.15) is 11.2 Å². The van der Waals surface area contributed by atoms with Crippen molar-refractivity contribution in [3.05, 3.63) is 47.0 Å². The minimum Gasteiger partial charge on any atom is -0.464 e.